The Hall–Kier alpha value is -2.71. The van der Waals surface area contributed by atoms with Crippen LogP contribution in [0.1, 0.15) is 16.8 Å². The van der Waals surface area contributed by atoms with Crippen LogP contribution in [0.15, 0.2) is 42.6 Å². The highest BCUT2D eigenvalue weighted by atomic mass is 19.4. The maximum atomic E-state index is 13.1. The Labute approximate surface area is 150 Å². The third-order valence-corrected chi connectivity index (χ3v) is 4.09. The van der Waals surface area contributed by atoms with Gasteiger partial charge in [0.2, 0.25) is 5.88 Å². The molecule has 27 heavy (non-hydrogen) atoms. The fraction of sp³-hybridized carbons (Fsp3) is 0.278. The second kappa shape index (κ2) is 6.79. The Morgan fingerprint density at radius 3 is 2.33 bits per heavy atom. The first-order valence-electron chi connectivity index (χ1n) is 7.89. The van der Waals surface area contributed by atoms with Gasteiger partial charge in [0.05, 0.1) is 17.7 Å². The lowest BCUT2D eigenvalue weighted by Gasteiger charge is -2.12. The van der Waals surface area contributed by atoms with E-state index in [0.717, 1.165) is 18.2 Å². The van der Waals surface area contributed by atoms with Crippen molar-refractivity contribution < 1.29 is 31.1 Å². The summed E-state index contributed by atoms with van der Waals surface area (Å²) in [6, 6.07) is 7.34. The van der Waals surface area contributed by atoms with Gasteiger partial charge in [-0.1, -0.05) is 6.07 Å². The average molecular weight is 388 g/mol. The number of fused-ring (bicyclic) bond motifs is 1. The van der Waals surface area contributed by atoms with Crippen LogP contribution in [-0.4, -0.2) is 16.2 Å². The van der Waals surface area contributed by atoms with E-state index in [1.54, 1.807) is 17.6 Å². The molecule has 9 heteroatoms. The van der Waals surface area contributed by atoms with Crippen molar-refractivity contribution in [1.29, 1.82) is 0 Å². The Morgan fingerprint density at radius 2 is 1.74 bits per heavy atom. The molecule has 0 fully saturated rings. The van der Waals surface area contributed by atoms with Gasteiger partial charge >= 0.3 is 12.4 Å². The predicted molar refractivity (Wildman–Crippen MR) is 86.4 cm³/mol. The summed E-state index contributed by atoms with van der Waals surface area (Å²) in [6.45, 7) is 1.94. The number of halogens is 6. The van der Waals surface area contributed by atoms with Crippen molar-refractivity contribution in [2.75, 3.05) is 6.61 Å². The summed E-state index contributed by atoms with van der Waals surface area (Å²) in [5, 5.41) is 0.0927. The lowest BCUT2D eigenvalue weighted by Crippen LogP contribution is -2.11. The van der Waals surface area contributed by atoms with E-state index in [2.05, 4.69) is 4.98 Å². The molecule has 0 bridgehead atoms. The number of nitrogens with zero attached hydrogens (tertiary/aromatic N) is 2. The number of hydrogen-bond acceptors (Lipinski definition) is 2. The summed E-state index contributed by atoms with van der Waals surface area (Å²) in [7, 11) is 0. The number of pyridine rings is 1. The molecule has 0 unspecified atom stereocenters. The minimum absolute atomic E-state index is 0.00750. The SMILES string of the molecule is Cc1cc2c(C(F)(F)F)cccc2n1CCOc1ccc(C(F)(F)F)cn1. The van der Waals surface area contributed by atoms with Gasteiger partial charge in [0.15, 0.2) is 0 Å². The van der Waals surface area contributed by atoms with Gasteiger partial charge in [-0.05, 0) is 31.2 Å². The molecule has 0 aliphatic carbocycles. The third-order valence-electron chi connectivity index (χ3n) is 4.09. The quantitative estimate of drug-likeness (QED) is 0.555. The lowest BCUT2D eigenvalue weighted by molar-refractivity contribution is -0.138. The van der Waals surface area contributed by atoms with Gasteiger partial charge in [-0.15, -0.1) is 0 Å². The number of alkyl halides is 6. The summed E-state index contributed by atoms with van der Waals surface area (Å²) in [4.78, 5) is 3.59. The third kappa shape index (κ3) is 4.01. The fourth-order valence-electron chi connectivity index (χ4n) is 2.84. The average Bonchev–Trinajstić information content (AvgIpc) is 2.89. The van der Waals surface area contributed by atoms with Crippen molar-refractivity contribution in [3.8, 4) is 5.88 Å². The molecule has 0 spiro atoms. The monoisotopic (exact) mass is 388 g/mol. The van der Waals surface area contributed by atoms with Gasteiger partial charge in [0.25, 0.3) is 0 Å². The number of aromatic nitrogens is 2. The highest BCUT2D eigenvalue weighted by Crippen LogP contribution is 2.36. The van der Waals surface area contributed by atoms with Gasteiger partial charge in [-0.25, -0.2) is 4.98 Å². The van der Waals surface area contributed by atoms with Crippen LogP contribution in [0.2, 0.25) is 0 Å². The minimum atomic E-state index is -4.48. The largest absolute Gasteiger partial charge is 0.476 e. The molecule has 2 aromatic heterocycles. The van der Waals surface area contributed by atoms with E-state index in [-0.39, 0.29) is 24.4 Å². The first-order valence-corrected chi connectivity index (χ1v) is 7.89. The van der Waals surface area contributed by atoms with E-state index in [1.807, 2.05) is 0 Å². The highest BCUT2D eigenvalue weighted by Gasteiger charge is 2.33. The van der Waals surface area contributed by atoms with Crippen molar-refractivity contribution in [2.24, 2.45) is 0 Å². The van der Waals surface area contributed by atoms with Gasteiger partial charge in [-0.3, -0.25) is 0 Å². The lowest BCUT2D eigenvalue weighted by atomic mass is 10.1. The maximum Gasteiger partial charge on any atom is 0.417 e. The standard InChI is InChI=1S/C18H14F6N2O/c1-11-9-13-14(18(22,23)24)3-2-4-15(13)26(11)7-8-27-16-6-5-12(10-25-16)17(19,20)21/h2-6,9-10H,7-8H2,1H3. The Kier molecular flexibility index (Phi) is 4.79. The van der Waals surface area contributed by atoms with E-state index in [0.29, 0.717) is 17.4 Å². The van der Waals surface area contributed by atoms with Crippen molar-refractivity contribution in [1.82, 2.24) is 9.55 Å². The number of ether oxygens (including phenoxy) is 1. The van der Waals surface area contributed by atoms with Crippen LogP contribution < -0.4 is 4.74 Å². The van der Waals surface area contributed by atoms with Crippen LogP contribution in [0.25, 0.3) is 10.9 Å². The second-order valence-electron chi connectivity index (χ2n) is 5.90. The molecule has 0 saturated carbocycles. The van der Waals surface area contributed by atoms with E-state index in [9.17, 15) is 26.3 Å². The zero-order chi connectivity index (χ0) is 19.8. The molecule has 3 aromatic rings. The minimum Gasteiger partial charge on any atom is -0.476 e. The van der Waals surface area contributed by atoms with Crippen molar-refractivity contribution in [2.45, 2.75) is 25.8 Å². The topological polar surface area (TPSA) is 27.1 Å². The Balaban J connectivity index is 1.75. The summed E-state index contributed by atoms with van der Waals surface area (Å²) >= 11 is 0. The van der Waals surface area contributed by atoms with Crippen molar-refractivity contribution in [3.05, 3.63) is 59.4 Å². The van der Waals surface area contributed by atoms with Crippen molar-refractivity contribution >= 4 is 10.9 Å². The van der Waals surface area contributed by atoms with Gasteiger partial charge in [-0.2, -0.15) is 26.3 Å². The zero-order valence-electron chi connectivity index (χ0n) is 14.0. The summed E-state index contributed by atoms with van der Waals surface area (Å²) in [5.41, 5.74) is -0.578. The summed E-state index contributed by atoms with van der Waals surface area (Å²) < 4.78 is 83.9. The van der Waals surface area contributed by atoms with E-state index >= 15 is 0 Å². The van der Waals surface area contributed by atoms with Gasteiger partial charge in [0, 0.05) is 28.9 Å². The van der Waals surface area contributed by atoms with Crippen LogP contribution in [0.4, 0.5) is 26.3 Å². The number of rotatable bonds is 4. The van der Waals surface area contributed by atoms with Crippen LogP contribution in [-0.2, 0) is 18.9 Å². The Bertz CT molecular complexity index is 941. The molecule has 3 nitrogen and oxygen atoms in total. The molecule has 1 aromatic carbocycles. The number of hydrogen-bond donors (Lipinski definition) is 0. The number of benzene rings is 1. The predicted octanol–water partition coefficient (Wildman–Crippen LogP) is 5.46. The molecule has 0 N–H and O–H groups in total. The van der Waals surface area contributed by atoms with Crippen LogP contribution in [0, 0.1) is 6.92 Å². The normalized spacial score (nSPS) is 12.6. The van der Waals surface area contributed by atoms with E-state index in [1.165, 1.54) is 12.1 Å². The molecular formula is C18H14F6N2O. The van der Waals surface area contributed by atoms with Crippen LogP contribution in [0.5, 0.6) is 5.88 Å². The molecular weight excluding hydrogens is 374 g/mol. The Morgan fingerprint density at radius 1 is 1.00 bits per heavy atom. The molecule has 0 aliphatic rings. The first-order chi connectivity index (χ1) is 12.6. The van der Waals surface area contributed by atoms with Gasteiger partial charge in [0.1, 0.15) is 6.61 Å². The second-order valence-corrected chi connectivity index (χ2v) is 5.90. The van der Waals surface area contributed by atoms with Crippen LogP contribution >= 0.6 is 0 Å². The molecule has 0 amide bonds. The highest BCUT2D eigenvalue weighted by molar-refractivity contribution is 5.85. The number of aryl methyl sites for hydroxylation is 1. The van der Waals surface area contributed by atoms with Gasteiger partial charge < -0.3 is 9.30 Å². The van der Waals surface area contributed by atoms with Crippen molar-refractivity contribution in [3.63, 3.8) is 0 Å². The molecule has 2 heterocycles. The maximum absolute atomic E-state index is 13.1. The smallest absolute Gasteiger partial charge is 0.417 e. The summed E-state index contributed by atoms with van der Waals surface area (Å²) in [5.74, 6) is 0.00750. The zero-order valence-corrected chi connectivity index (χ0v) is 14.0. The first kappa shape index (κ1) is 19.1. The molecule has 3 rings (SSSR count). The molecule has 0 radical (unpaired) electrons. The summed E-state index contributed by atoms with van der Waals surface area (Å²) in [6.07, 6.45) is -8.27. The fourth-order valence-corrected chi connectivity index (χ4v) is 2.84. The molecule has 0 atom stereocenters. The van der Waals surface area contributed by atoms with Crippen LogP contribution in [0.3, 0.4) is 0 Å². The molecule has 144 valence electrons. The van der Waals surface area contributed by atoms with E-state index in [4.69, 9.17) is 4.74 Å². The molecule has 0 saturated heterocycles. The molecule has 0 aliphatic heterocycles. The van der Waals surface area contributed by atoms with E-state index < -0.39 is 23.5 Å².